The van der Waals surface area contributed by atoms with Crippen molar-refractivity contribution in [3.05, 3.63) is 0 Å². The number of hydrogen-bond acceptors (Lipinski definition) is 1. The van der Waals surface area contributed by atoms with E-state index in [1.165, 1.54) is 44.9 Å². The maximum absolute atomic E-state index is 11.1. The second kappa shape index (κ2) is 4.33. The molecule has 0 saturated heterocycles. The van der Waals surface area contributed by atoms with Crippen LogP contribution in [0, 0.1) is 17.3 Å². The van der Waals surface area contributed by atoms with Gasteiger partial charge in [-0.2, -0.15) is 0 Å². The van der Waals surface area contributed by atoms with Gasteiger partial charge in [-0.15, -0.1) is 0 Å². The first-order valence-electron chi connectivity index (χ1n) is 7.22. The van der Waals surface area contributed by atoms with Gasteiger partial charge in [-0.25, -0.2) is 0 Å². The van der Waals surface area contributed by atoms with Crippen LogP contribution in [0.2, 0.25) is 0 Å². The molecule has 1 N–H and O–H groups in total. The SMILES string of the molecule is CCC1CCCC(C2(O)CCCC2(C)C)C1. The average molecular weight is 224 g/mol. The zero-order valence-corrected chi connectivity index (χ0v) is 11.3. The molecule has 0 radical (unpaired) electrons. The van der Waals surface area contributed by atoms with Gasteiger partial charge in [-0.05, 0) is 49.4 Å². The summed E-state index contributed by atoms with van der Waals surface area (Å²) in [4.78, 5) is 0. The molecule has 2 rings (SSSR count). The third-order valence-corrected chi connectivity index (χ3v) is 5.57. The molecule has 0 aromatic rings. The smallest absolute Gasteiger partial charge is 0.0726 e. The summed E-state index contributed by atoms with van der Waals surface area (Å²) in [5.74, 6) is 1.45. The first-order valence-corrected chi connectivity index (χ1v) is 7.22. The van der Waals surface area contributed by atoms with E-state index in [1.54, 1.807) is 0 Å². The summed E-state index contributed by atoms with van der Waals surface area (Å²) in [7, 11) is 0. The predicted molar refractivity (Wildman–Crippen MR) is 68.3 cm³/mol. The second-order valence-electron chi connectivity index (χ2n) is 6.80. The molecule has 1 heteroatoms. The van der Waals surface area contributed by atoms with Crippen molar-refractivity contribution < 1.29 is 5.11 Å². The molecule has 3 atom stereocenters. The molecular weight excluding hydrogens is 196 g/mol. The Morgan fingerprint density at radius 2 is 1.88 bits per heavy atom. The summed E-state index contributed by atoms with van der Waals surface area (Å²) >= 11 is 0. The van der Waals surface area contributed by atoms with Gasteiger partial charge < -0.3 is 5.11 Å². The Morgan fingerprint density at radius 1 is 1.12 bits per heavy atom. The van der Waals surface area contributed by atoms with Crippen LogP contribution in [0.4, 0.5) is 0 Å². The van der Waals surface area contributed by atoms with Crippen LogP contribution in [-0.2, 0) is 0 Å². The Kier molecular flexibility index (Phi) is 3.36. The van der Waals surface area contributed by atoms with Crippen molar-refractivity contribution in [3.63, 3.8) is 0 Å². The minimum absolute atomic E-state index is 0.146. The molecule has 1 nitrogen and oxygen atoms in total. The molecule has 0 heterocycles. The highest BCUT2D eigenvalue weighted by molar-refractivity contribution is 5.03. The molecule has 16 heavy (non-hydrogen) atoms. The van der Waals surface area contributed by atoms with Gasteiger partial charge in [0.15, 0.2) is 0 Å². The quantitative estimate of drug-likeness (QED) is 0.747. The normalized spacial score (nSPS) is 43.5. The fraction of sp³-hybridized carbons (Fsp3) is 1.00. The molecule has 2 aliphatic rings. The molecule has 0 bridgehead atoms. The standard InChI is InChI=1S/C15H28O/c1-4-12-7-5-8-13(11-12)15(16)10-6-9-14(15,2)3/h12-13,16H,4-11H2,1-3H3. The van der Waals surface area contributed by atoms with Gasteiger partial charge in [-0.3, -0.25) is 0 Å². The monoisotopic (exact) mass is 224 g/mol. The fourth-order valence-electron chi connectivity index (χ4n) is 4.21. The van der Waals surface area contributed by atoms with Crippen LogP contribution in [-0.4, -0.2) is 10.7 Å². The van der Waals surface area contributed by atoms with Crippen molar-refractivity contribution in [2.24, 2.45) is 17.3 Å². The maximum Gasteiger partial charge on any atom is 0.0726 e. The van der Waals surface area contributed by atoms with Crippen molar-refractivity contribution in [1.82, 2.24) is 0 Å². The van der Waals surface area contributed by atoms with Crippen molar-refractivity contribution >= 4 is 0 Å². The van der Waals surface area contributed by atoms with Gasteiger partial charge >= 0.3 is 0 Å². The topological polar surface area (TPSA) is 20.2 Å². The highest BCUT2D eigenvalue weighted by Gasteiger charge is 2.52. The molecule has 0 aliphatic heterocycles. The van der Waals surface area contributed by atoms with E-state index in [4.69, 9.17) is 0 Å². The Balaban J connectivity index is 2.11. The van der Waals surface area contributed by atoms with Crippen LogP contribution in [0.1, 0.15) is 72.1 Å². The molecule has 2 aliphatic carbocycles. The van der Waals surface area contributed by atoms with E-state index in [0.717, 1.165) is 12.3 Å². The minimum atomic E-state index is -0.360. The molecular formula is C15H28O. The Morgan fingerprint density at radius 3 is 2.44 bits per heavy atom. The molecule has 3 unspecified atom stereocenters. The van der Waals surface area contributed by atoms with Gasteiger partial charge in [-0.1, -0.05) is 40.0 Å². The third kappa shape index (κ3) is 1.92. The van der Waals surface area contributed by atoms with Crippen molar-refractivity contribution in [1.29, 1.82) is 0 Å². The van der Waals surface area contributed by atoms with E-state index in [0.29, 0.717) is 5.92 Å². The first-order chi connectivity index (χ1) is 7.49. The van der Waals surface area contributed by atoms with Crippen LogP contribution in [0.25, 0.3) is 0 Å². The largest absolute Gasteiger partial charge is 0.389 e. The van der Waals surface area contributed by atoms with E-state index >= 15 is 0 Å². The Labute approximate surface area is 101 Å². The van der Waals surface area contributed by atoms with Crippen molar-refractivity contribution in [3.8, 4) is 0 Å². The molecule has 0 amide bonds. The van der Waals surface area contributed by atoms with Crippen LogP contribution in [0.3, 0.4) is 0 Å². The highest BCUT2D eigenvalue weighted by atomic mass is 16.3. The summed E-state index contributed by atoms with van der Waals surface area (Å²) in [6.07, 6.45) is 10.0. The van der Waals surface area contributed by atoms with Crippen LogP contribution >= 0.6 is 0 Å². The molecule has 2 fully saturated rings. The molecule has 0 aromatic carbocycles. The van der Waals surface area contributed by atoms with Crippen LogP contribution in [0.5, 0.6) is 0 Å². The Hall–Kier alpha value is -0.0400. The van der Waals surface area contributed by atoms with Gasteiger partial charge in [0.1, 0.15) is 0 Å². The summed E-state index contributed by atoms with van der Waals surface area (Å²) < 4.78 is 0. The second-order valence-corrected chi connectivity index (χ2v) is 6.80. The minimum Gasteiger partial charge on any atom is -0.389 e. The Bertz CT molecular complexity index is 246. The predicted octanol–water partition coefficient (Wildman–Crippen LogP) is 4.14. The van der Waals surface area contributed by atoms with E-state index in [2.05, 4.69) is 20.8 Å². The maximum atomic E-state index is 11.1. The number of aliphatic hydroxyl groups is 1. The van der Waals surface area contributed by atoms with Gasteiger partial charge in [0, 0.05) is 0 Å². The van der Waals surface area contributed by atoms with Crippen molar-refractivity contribution in [2.45, 2.75) is 77.7 Å². The average Bonchev–Trinajstić information content (AvgIpc) is 2.55. The lowest BCUT2D eigenvalue weighted by atomic mass is 9.63. The third-order valence-electron chi connectivity index (χ3n) is 5.57. The zero-order chi connectivity index (χ0) is 11.8. The lowest BCUT2D eigenvalue weighted by Crippen LogP contribution is -2.48. The zero-order valence-electron chi connectivity index (χ0n) is 11.3. The van der Waals surface area contributed by atoms with E-state index in [1.807, 2.05) is 0 Å². The summed E-state index contributed by atoms with van der Waals surface area (Å²) in [6.45, 7) is 6.85. The fourth-order valence-corrected chi connectivity index (χ4v) is 4.21. The molecule has 0 spiro atoms. The lowest BCUT2D eigenvalue weighted by Gasteiger charge is -2.46. The summed E-state index contributed by atoms with van der Waals surface area (Å²) in [5, 5.41) is 11.1. The highest BCUT2D eigenvalue weighted by Crippen LogP contribution is 2.54. The lowest BCUT2D eigenvalue weighted by molar-refractivity contribution is -0.106. The molecule has 2 saturated carbocycles. The molecule has 0 aromatic heterocycles. The molecule has 94 valence electrons. The summed E-state index contributed by atoms with van der Waals surface area (Å²) in [5.41, 5.74) is -0.214. The number of rotatable bonds is 2. The van der Waals surface area contributed by atoms with Crippen LogP contribution in [0.15, 0.2) is 0 Å². The number of hydrogen-bond donors (Lipinski definition) is 1. The van der Waals surface area contributed by atoms with Gasteiger partial charge in [0.05, 0.1) is 5.60 Å². The summed E-state index contributed by atoms with van der Waals surface area (Å²) in [6, 6.07) is 0. The van der Waals surface area contributed by atoms with E-state index < -0.39 is 0 Å². The van der Waals surface area contributed by atoms with Crippen molar-refractivity contribution in [2.75, 3.05) is 0 Å². The van der Waals surface area contributed by atoms with Gasteiger partial charge in [0.25, 0.3) is 0 Å². The first kappa shape index (κ1) is 12.4. The van der Waals surface area contributed by atoms with E-state index in [-0.39, 0.29) is 11.0 Å². The van der Waals surface area contributed by atoms with Gasteiger partial charge in [0.2, 0.25) is 0 Å². The van der Waals surface area contributed by atoms with Crippen LogP contribution < -0.4 is 0 Å². The van der Waals surface area contributed by atoms with E-state index in [9.17, 15) is 5.11 Å².